The van der Waals surface area contributed by atoms with E-state index in [1.54, 1.807) is 0 Å². The summed E-state index contributed by atoms with van der Waals surface area (Å²) in [6, 6.07) is 0. The number of methoxy groups -OCH3 is 8. The van der Waals surface area contributed by atoms with E-state index in [4.69, 9.17) is 37.9 Å². The highest BCUT2D eigenvalue weighted by molar-refractivity contribution is 7.80. The summed E-state index contributed by atoms with van der Waals surface area (Å²) in [4.78, 5) is 105. The Kier molecular flexibility index (Phi) is 16.5. The van der Waals surface area contributed by atoms with Gasteiger partial charge in [-0.05, 0) is 0 Å². The van der Waals surface area contributed by atoms with Crippen LogP contribution >= 0.6 is 132 Å². The van der Waals surface area contributed by atoms with Gasteiger partial charge in [0, 0.05) is 0 Å². The van der Waals surface area contributed by atoms with Crippen molar-refractivity contribution in [3.05, 3.63) is 39.0 Å². The number of fused-ring (bicyclic) bond motifs is 6. The van der Waals surface area contributed by atoms with Crippen LogP contribution in [0.5, 0.6) is 0 Å². The van der Waals surface area contributed by atoms with E-state index in [1.165, 1.54) is 0 Å². The Morgan fingerprint density at radius 3 is 0.517 bits per heavy atom. The second kappa shape index (κ2) is 20.9. The largest absolute Gasteiger partial charge is 0.465 e. The van der Waals surface area contributed by atoms with E-state index in [9.17, 15) is 38.4 Å². The number of ether oxygens (including phenoxy) is 8. The number of rotatable bonds is 8. The third-order valence-electron chi connectivity index (χ3n) is 6.93. The number of carbonyl (C=O) groups is 8. The number of esters is 8. The zero-order valence-corrected chi connectivity index (χ0v) is 41.2. The van der Waals surface area contributed by atoms with Gasteiger partial charge in [-0.25, -0.2) is 38.4 Å². The average molecular weight is 1050 g/mol. The summed E-state index contributed by atoms with van der Waals surface area (Å²) in [7, 11) is 13.5. The SMILES string of the molecule is COC(=O)c1sc2ssc3sc(C(=O)OC)c(C(=O)OC)sc3c3sc(C(=O)OC)c(C(=O)OC)sc3ssc3sc(C(=O)OC)c(C(=O)OC)sc3c2sc1C(=O)OC. The predicted octanol–water partition coefficient (Wildman–Crippen LogP) is 10.4. The zero-order valence-electron chi connectivity index (χ0n) is 31.4. The summed E-state index contributed by atoms with van der Waals surface area (Å²) in [5, 5.41) is 0. The van der Waals surface area contributed by atoms with Crippen LogP contribution in [0, 0.1) is 0 Å². The van der Waals surface area contributed by atoms with Crippen molar-refractivity contribution in [3.8, 4) is 0 Å². The highest BCUT2D eigenvalue weighted by atomic mass is 32.9. The maximum absolute atomic E-state index is 13.3. The molecule has 28 heteroatoms. The minimum Gasteiger partial charge on any atom is -0.465 e. The van der Waals surface area contributed by atoms with E-state index in [-0.39, 0.29) is 39.0 Å². The average Bonchev–Trinajstić information content (AvgIpc) is 3.28. The maximum atomic E-state index is 13.3. The van der Waals surface area contributed by atoms with Gasteiger partial charge in [-0.3, -0.25) is 0 Å². The molecule has 0 unspecified atom stereocenters. The van der Waals surface area contributed by atoms with Crippen molar-refractivity contribution in [2.45, 2.75) is 0 Å². The van der Waals surface area contributed by atoms with Crippen molar-refractivity contribution in [3.63, 3.8) is 0 Å². The standard InChI is InChI=1S/C32H24O16S12/c1-41-21(33)9-13(25(37)45-5)53-29-17(49-9)18-30(54-14(26(38)46-6)10(50-18)22(34)42-2)58-60-32-20(52-12(24(36)44-4)16(56-32)28(40)48-8)19-31(59-57-29)55-15(27(39)47-7)11(51-19)23(35)43-3/h1-8H3. The molecule has 0 N–H and O–H groups in total. The molecule has 5 heterocycles. The first kappa shape index (κ1) is 47.4. The van der Waals surface area contributed by atoms with Gasteiger partial charge in [0.25, 0.3) is 0 Å². The molecule has 320 valence electrons. The van der Waals surface area contributed by atoms with E-state index in [1.807, 2.05) is 0 Å². The highest BCUT2D eigenvalue weighted by Crippen LogP contribution is 2.47. The first-order valence-corrected chi connectivity index (χ1v) is 26.3. The van der Waals surface area contributed by atoms with Gasteiger partial charge < -0.3 is 37.9 Å². The van der Waals surface area contributed by atoms with E-state index >= 15 is 0 Å². The molecule has 0 saturated carbocycles. The fraction of sp³-hybridized carbons (Fsp3) is 0.250. The smallest absolute Gasteiger partial charge is 0.349 e. The third-order valence-corrected chi connectivity index (χ3v) is 24.7. The number of hydrogen-bond donors (Lipinski definition) is 0. The lowest BCUT2D eigenvalue weighted by molar-refractivity contribution is 0.0564. The van der Waals surface area contributed by atoms with Gasteiger partial charge in [-0.1, -0.05) is 41.4 Å². The van der Waals surface area contributed by atoms with Gasteiger partial charge in [-0.15, -0.1) is 90.7 Å². The summed E-state index contributed by atoms with van der Waals surface area (Å²) in [5.41, 5.74) is 0. The van der Waals surface area contributed by atoms with E-state index < -0.39 is 47.8 Å². The van der Waals surface area contributed by atoms with Crippen LogP contribution in [-0.4, -0.2) is 105 Å². The summed E-state index contributed by atoms with van der Waals surface area (Å²) in [6.45, 7) is 0. The van der Waals surface area contributed by atoms with Gasteiger partial charge in [0.15, 0.2) is 0 Å². The molecule has 0 aromatic carbocycles. The Balaban J connectivity index is 2.28. The molecule has 0 atom stereocenters. The minimum absolute atomic E-state index is 0.111. The molecule has 0 fully saturated rings. The van der Waals surface area contributed by atoms with Crippen LogP contribution in [0.15, 0.2) is 0 Å². The molecule has 0 amide bonds. The first-order chi connectivity index (χ1) is 28.7. The maximum Gasteiger partial charge on any atom is 0.349 e. The minimum atomic E-state index is -0.860. The number of carbonyl (C=O) groups excluding carboxylic acids is 8. The molecular weight excluding hydrogens is 1030 g/mol. The Hall–Kier alpha value is -3.68. The molecule has 16 nitrogen and oxygen atoms in total. The van der Waals surface area contributed by atoms with Gasteiger partial charge in [0.1, 0.15) is 55.1 Å². The second-order valence-electron chi connectivity index (χ2n) is 10.2. The van der Waals surface area contributed by atoms with Crippen molar-refractivity contribution in [2.24, 2.45) is 0 Å². The quantitative estimate of drug-likeness (QED) is 0.0803. The van der Waals surface area contributed by atoms with Gasteiger partial charge in [0.05, 0.1) is 75.7 Å². The van der Waals surface area contributed by atoms with Crippen molar-refractivity contribution >= 4 is 215 Å². The van der Waals surface area contributed by atoms with E-state index in [0.29, 0.717) is 34.9 Å². The van der Waals surface area contributed by atoms with Crippen molar-refractivity contribution in [2.75, 3.05) is 56.9 Å². The van der Waals surface area contributed by atoms with Gasteiger partial charge in [0.2, 0.25) is 0 Å². The van der Waals surface area contributed by atoms with E-state index in [0.717, 1.165) is 189 Å². The Morgan fingerprint density at radius 2 is 0.383 bits per heavy atom. The van der Waals surface area contributed by atoms with Crippen LogP contribution in [0.1, 0.15) is 77.4 Å². The monoisotopic (exact) mass is 1050 g/mol. The molecule has 0 saturated heterocycles. The zero-order chi connectivity index (χ0) is 44.0. The normalized spacial score (nSPS) is 10.5. The van der Waals surface area contributed by atoms with Gasteiger partial charge in [-0.2, -0.15) is 0 Å². The van der Waals surface area contributed by atoms with Crippen LogP contribution in [0.25, 0.3) is 34.9 Å². The topological polar surface area (TPSA) is 210 Å². The summed E-state index contributed by atoms with van der Waals surface area (Å²) >= 11 is 6.98. The molecule has 0 spiro atoms. The Morgan fingerprint density at radius 1 is 0.250 bits per heavy atom. The first-order valence-electron chi connectivity index (χ1n) is 15.4. The van der Waals surface area contributed by atoms with Crippen LogP contribution in [0.4, 0.5) is 0 Å². The van der Waals surface area contributed by atoms with Crippen molar-refractivity contribution in [1.82, 2.24) is 0 Å². The molecule has 0 radical (unpaired) electrons. The molecule has 0 aliphatic carbocycles. The van der Waals surface area contributed by atoms with Crippen LogP contribution in [0.3, 0.4) is 0 Å². The summed E-state index contributed by atoms with van der Waals surface area (Å²) in [6.07, 6.45) is 0. The lowest BCUT2D eigenvalue weighted by atomic mass is 10.4. The summed E-state index contributed by atoms with van der Waals surface area (Å²) in [5.74, 6) is -6.83. The molecule has 0 aliphatic heterocycles. The van der Waals surface area contributed by atoms with Gasteiger partial charge >= 0.3 is 47.8 Å². The van der Waals surface area contributed by atoms with E-state index in [2.05, 4.69) is 0 Å². The molecule has 60 heavy (non-hydrogen) atoms. The van der Waals surface area contributed by atoms with Crippen molar-refractivity contribution in [1.29, 1.82) is 0 Å². The summed E-state index contributed by atoms with van der Waals surface area (Å²) < 4.78 is 43.3. The highest BCUT2D eigenvalue weighted by Gasteiger charge is 2.28. The fourth-order valence-electron chi connectivity index (χ4n) is 4.25. The molecule has 5 aromatic rings. The fourth-order valence-corrected chi connectivity index (χ4v) is 22.0. The third kappa shape index (κ3) is 9.68. The molecular formula is C32H24O16S12. The number of hydrogen-bond acceptors (Lipinski definition) is 28. The lowest BCUT2D eigenvalue weighted by Crippen LogP contribution is -2.09. The lowest BCUT2D eigenvalue weighted by Gasteiger charge is -2.10. The second-order valence-corrected chi connectivity index (χ2v) is 23.7. The molecule has 0 bridgehead atoms. The van der Waals surface area contributed by atoms with Crippen molar-refractivity contribution < 1.29 is 76.3 Å². The van der Waals surface area contributed by atoms with Crippen LogP contribution in [-0.2, 0) is 37.9 Å². The predicted molar refractivity (Wildman–Crippen MR) is 241 cm³/mol. The molecule has 5 rings (SSSR count). The van der Waals surface area contributed by atoms with Crippen LogP contribution < -0.4 is 0 Å². The molecule has 0 aliphatic rings. The Labute approximate surface area is 383 Å². The molecule has 5 aromatic heterocycles. The Bertz CT molecular complexity index is 2460. The van der Waals surface area contributed by atoms with Crippen LogP contribution in [0.2, 0.25) is 0 Å².